The largest absolute Gasteiger partial charge is 0.392 e. The molecule has 2 saturated heterocycles. The van der Waals surface area contributed by atoms with Gasteiger partial charge in [0.2, 0.25) is 0 Å². The van der Waals surface area contributed by atoms with Gasteiger partial charge in [0.25, 0.3) is 0 Å². The van der Waals surface area contributed by atoms with Crippen LogP contribution in [0.2, 0.25) is 0 Å². The highest BCUT2D eigenvalue weighted by atomic mass is 16.5. The maximum absolute atomic E-state index is 9.39. The number of aliphatic hydroxyl groups excluding tert-OH is 1. The van der Waals surface area contributed by atoms with E-state index in [0.29, 0.717) is 12.6 Å². The van der Waals surface area contributed by atoms with Gasteiger partial charge in [0.05, 0.1) is 18.8 Å². The number of aliphatic hydroxyl groups is 1. The highest BCUT2D eigenvalue weighted by Crippen LogP contribution is 2.22. The van der Waals surface area contributed by atoms with Gasteiger partial charge in [0, 0.05) is 25.7 Å². The van der Waals surface area contributed by atoms with Crippen LogP contribution in [0, 0.1) is 0 Å². The third-order valence-corrected chi connectivity index (χ3v) is 2.73. The molecule has 0 amide bonds. The van der Waals surface area contributed by atoms with Crippen molar-refractivity contribution in [3.63, 3.8) is 0 Å². The van der Waals surface area contributed by atoms with Gasteiger partial charge in [-0.15, -0.1) is 0 Å². The molecule has 4 heteroatoms. The van der Waals surface area contributed by atoms with Crippen LogP contribution in [-0.2, 0) is 4.74 Å². The first-order valence-corrected chi connectivity index (χ1v) is 4.53. The summed E-state index contributed by atoms with van der Waals surface area (Å²) in [5, 5.41) is 9.39. The Morgan fingerprint density at radius 3 is 3.08 bits per heavy atom. The molecule has 0 spiro atoms. The Kier molecular flexibility index (Phi) is 2.32. The summed E-state index contributed by atoms with van der Waals surface area (Å²) in [6.45, 7) is 3.00. The van der Waals surface area contributed by atoms with Crippen LogP contribution in [0.25, 0.3) is 0 Å². The molecule has 2 heterocycles. The van der Waals surface area contributed by atoms with Gasteiger partial charge >= 0.3 is 0 Å². The van der Waals surface area contributed by atoms with E-state index in [0.717, 1.165) is 26.1 Å². The number of nitrogens with two attached hydrogens (primary N) is 1. The summed E-state index contributed by atoms with van der Waals surface area (Å²) >= 11 is 0. The molecule has 2 rings (SSSR count). The van der Waals surface area contributed by atoms with Crippen LogP contribution in [0.5, 0.6) is 0 Å². The fraction of sp³-hybridized carbons (Fsp3) is 1.00. The van der Waals surface area contributed by atoms with Crippen molar-refractivity contribution < 1.29 is 9.84 Å². The lowest BCUT2D eigenvalue weighted by molar-refractivity contribution is -0.0435. The molecule has 0 aromatic heterocycles. The van der Waals surface area contributed by atoms with Gasteiger partial charge in [-0.2, -0.15) is 0 Å². The van der Waals surface area contributed by atoms with Crippen LogP contribution in [0.15, 0.2) is 0 Å². The van der Waals surface area contributed by atoms with Crippen LogP contribution in [0.1, 0.15) is 6.42 Å². The van der Waals surface area contributed by atoms with Crippen molar-refractivity contribution in [2.24, 2.45) is 5.73 Å². The SMILES string of the molecule is NCC1CN2C[C@H](O)C[C@H]2CO1. The zero-order valence-electron chi connectivity index (χ0n) is 7.15. The van der Waals surface area contributed by atoms with Gasteiger partial charge in [0.15, 0.2) is 0 Å². The molecule has 0 aromatic carbocycles. The van der Waals surface area contributed by atoms with Crippen molar-refractivity contribution in [1.82, 2.24) is 4.90 Å². The highest BCUT2D eigenvalue weighted by Gasteiger charge is 2.35. The van der Waals surface area contributed by atoms with Gasteiger partial charge in [-0.05, 0) is 6.42 Å². The predicted molar refractivity (Wildman–Crippen MR) is 44.8 cm³/mol. The molecule has 2 aliphatic rings. The molecule has 12 heavy (non-hydrogen) atoms. The van der Waals surface area contributed by atoms with E-state index in [1.165, 1.54) is 0 Å². The average molecular weight is 172 g/mol. The van der Waals surface area contributed by atoms with Gasteiger partial charge in [0.1, 0.15) is 0 Å². The van der Waals surface area contributed by atoms with E-state index in [9.17, 15) is 5.11 Å². The Hall–Kier alpha value is -0.160. The summed E-state index contributed by atoms with van der Waals surface area (Å²) in [6.07, 6.45) is 0.874. The third-order valence-electron chi connectivity index (χ3n) is 2.73. The zero-order chi connectivity index (χ0) is 8.55. The van der Waals surface area contributed by atoms with Gasteiger partial charge in [-0.3, -0.25) is 4.90 Å². The van der Waals surface area contributed by atoms with Crippen molar-refractivity contribution in [3.05, 3.63) is 0 Å². The Morgan fingerprint density at radius 1 is 1.50 bits per heavy atom. The second-order valence-electron chi connectivity index (χ2n) is 3.69. The Morgan fingerprint density at radius 2 is 2.33 bits per heavy atom. The lowest BCUT2D eigenvalue weighted by Gasteiger charge is -2.34. The normalized spacial score (nSPS) is 43.0. The molecule has 0 aliphatic carbocycles. The molecule has 0 radical (unpaired) electrons. The summed E-state index contributed by atoms with van der Waals surface area (Å²) < 4.78 is 5.51. The lowest BCUT2D eigenvalue weighted by Crippen LogP contribution is -2.48. The second-order valence-corrected chi connectivity index (χ2v) is 3.69. The zero-order valence-corrected chi connectivity index (χ0v) is 7.15. The first-order chi connectivity index (χ1) is 5.79. The molecule has 0 bridgehead atoms. The molecule has 3 atom stereocenters. The first-order valence-electron chi connectivity index (χ1n) is 4.53. The van der Waals surface area contributed by atoms with E-state index in [-0.39, 0.29) is 12.2 Å². The Bertz CT molecular complexity index is 165. The molecule has 3 N–H and O–H groups in total. The number of morpholine rings is 1. The minimum atomic E-state index is -0.157. The van der Waals surface area contributed by atoms with Crippen LogP contribution < -0.4 is 5.73 Å². The van der Waals surface area contributed by atoms with Gasteiger partial charge < -0.3 is 15.6 Å². The first kappa shape index (κ1) is 8.44. The quantitative estimate of drug-likeness (QED) is 0.520. The summed E-state index contributed by atoms with van der Waals surface area (Å²) in [6, 6.07) is 0.433. The monoisotopic (exact) mass is 172 g/mol. The summed E-state index contributed by atoms with van der Waals surface area (Å²) in [5.41, 5.74) is 5.51. The van der Waals surface area contributed by atoms with Crippen LogP contribution in [-0.4, -0.2) is 54.5 Å². The van der Waals surface area contributed by atoms with Crippen molar-refractivity contribution >= 4 is 0 Å². The molecular weight excluding hydrogens is 156 g/mol. The van der Waals surface area contributed by atoms with Crippen molar-refractivity contribution in [2.45, 2.75) is 24.7 Å². The van der Waals surface area contributed by atoms with Crippen molar-refractivity contribution in [1.29, 1.82) is 0 Å². The van der Waals surface area contributed by atoms with E-state index < -0.39 is 0 Å². The van der Waals surface area contributed by atoms with E-state index in [1.807, 2.05) is 0 Å². The molecular formula is C8H16N2O2. The Labute approximate surface area is 72.3 Å². The fourth-order valence-corrected chi connectivity index (χ4v) is 2.06. The van der Waals surface area contributed by atoms with Crippen molar-refractivity contribution in [2.75, 3.05) is 26.2 Å². The number of ether oxygens (including phenoxy) is 1. The third kappa shape index (κ3) is 1.47. The lowest BCUT2D eigenvalue weighted by atomic mass is 10.2. The Balaban J connectivity index is 1.93. The number of fused-ring (bicyclic) bond motifs is 1. The second kappa shape index (κ2) is 3.30. The van der Waals surface area contributed by atoms with Gasteiger partial charge in [-0.25, -0.2) is 0 Å². The van der Waals surface area contributed by atoms with E-state index in [1.54, 1.807) is 0 Å². The fourth-order valence-electron chi connectivity index (χ4n) is 2.06. The van der Waals surface area contributed by atoms with Crippen LogP contribution >= 0.6 is 0 Å². The molecule has 0 aromatic rings. The van der Waals surface area contributed by atoms with E-state index in [2.05, 4.69) is 4.90 Å². The number of rotatable bonds is 1. The van der Waals surface area contributed by atoms with Crippen molar-refractivity contribution in [3.8, 4) is 0 Å². The molecule has 2 fully saturated rings. The van der Waals surface area contributed by atoms with E-state index in [4.69, 9.17) is 10.5 Å². The predicted octanol–water partition coefficient (Wildman–Crippen LogP) is -1.22. The summed E-state index contributed by atoms with van der Waals surface area (Å²) in [7, 11) is 0. The maximum Gasteiger partial charge on any atom is 0.0824 e. The molecule has 1 unspecified atom stereocenters. The molecule has 4 nitrogen and oxygen atoms in total. The molecule has 0 saturated carbocycles. The summed E-state index contributed by atoms with van der Waals surface area (Å²) in [5.74, 6) is 0. The molecule has 70 valence electrons. The minimum Gasteiger partial charge on any atom is -0.392 e. The average Bonchev–Trinajstić information content (AvgIpc) is 2.43. The van der Waals surface area contributed by atoms with Crippen LogP contribution in [0.4, 0.5) is 0 Å². The van der Waals surface area contributed by atoms with E-state index >= 15 is 0 Å². The number of hydrogen-bond donors (Lipinski definition) is 2. The summed E-state index contributed by atoms with van der Waals surface area (Å²) in [4.78, 5) is 2.28. The smallest absolute Gasteiger partial charge is 0.0824 e. The number of nitrogens with zero attached hydrogens (tertiary/aromatic N) is 1. The topological polar surface area (TPSA) is 58.7 Å². The number of hydrogen-bond acceptors (Lipinski definition) is 4. The standard InChI is InChI=1S/C8H16N2O2/c9-2-8-4-10-3-7(11)1-6(10)5-12-8/h6-8,11H,1-5,9H2/t6-,7+,8?/m0/s1. The minimum absolute atomic E-state index is 0.157. The highest BCUT2D eigenvalue weighted by molar-refractivity contribution is 4.89. The van der Waals surface area contributed by atoms with Crippen LogP contribution in [0.3, 0.4) is 0 Å². The maximum atomic E-state index is 9.39. The molecule has 2 aliphatic heterocycles. The van der Waals surface area contributed by atoms with Gasteiger partial charge in [-0.1, -0.05) is 0 Å².